The average Bonchev–Trinajstić information content (AvgIpc) is 3.32. The lowest BCUT2D eigenvalue weighted by atomic mass is 10.2. The van der Waals surface area contributed by atoms with E-state index in [0.717, 1.165) is 28.5 Å². The molecule has 0 fully saturated rings. The number of hydrogen-bond acceptors (Lipinski definition) is 5. The van der Waals surface area contributed by atoms with Gasteiger partial charge in [0.15, 0.2) is 0 Å². The number of carbonyl (C=O) groups is 1. The monoisotopic (exact) mass is 356 g/mol. The van der Waals surface area contributed by atoms with Crippen LogP contribution in [0.4, 0.5) is 4.79 Å². The SMILES string of the molecule is CCc1nc(C(C)NC(=O)NCc2ccc(-n3ccnc3)nc2)cs1. The predicted molar refractivity (Wildman–Crippen MR) is 96.6 cm³/mol. The van der Waals surface area contributed by atoms with Crippen LogP contribution < -0.4 is 10.6 Å². The Labute approximate surface area is 150 Å². The second kappa shape index (κ2) is 7.89. The van der Waals surface area contributed by atoms with Crippen LogP contribution in [0.15, 0.2) is 42.4 Å². The maximum atomic E-state index is 12.1. The Morgan fingerprint density at radius 1 is 1.40 bits per heavy atom. The van der Waals surface area contributed by atoms with Gasteiger partial charge in [0, 0.05) is 30.5 Å². The number of hydrogen-bond donors (Lipinski definition) is 2. The molecule has 130 valence electrons. The van der Waals surface area contributed by atoms with Gasteiger partial charge in [-0.1, -0.05) is 13.0 Å². The van der Waals surface area contributed by atoms with Crippen molar-refractivity contribution in [3.63, 3.8) is 0 Å². The van der Waals surface area contributed by atoms with Gasteiger partial charge in [0.25, 0.3) is 0 Å². The number of pyridine rings is 1. The molecule has 3 rings (SSSR count). The number of amides is 2. The molecular formula is C17H20N6OS. The zero-order chi connectivity index (χ0) is 17.6. The van der Waals surface area contributed by atoms with E-state index >= 15 is 0 Å². The van der Waals surface area contributed by atoms with Gasteiger partial charge in [-0.25, -0.2) is 19.7 Å². The fraction of sp³-hybridized carbons (Fsp3) is 0.294. The molecule has 8 heteroatoms. The molecule has 0 spiro atoms. The van der Waals surface area contributed by atoms with Gasteiger partial charge in [-0.15, -0.1) is 11.3 Å². The Hall–Kier alpha value is -2.74. The Bertz CT molecular complexity index is 812. The first-order chi connectivity index (χ1) is 12.2. The maximum absolute atomic E-state index is 12.1. The molecule has 1 unspecified atom stereocenters. The number of urea groups is 1. The lowest BCUT2D eigenvalue weighted by Gasteiger charge is -2.13. The number of thiazole rings is 1. The Kier molecular flexibility index (Phi) is 5.39. The summed E-state index contributed by atoms with van der Waals surface area (Å²) in [4.78, 5) is 24.9. The minimum absolute atomic E-state index is 0.127. The van der Waals surface area contributed by atoms with Crippen LogP contribution in [0.2, 0.25) is 0 Å². The first kappa shape index (κ1) is 17.1. The van der Waals surface area contributed by atoms with Crippen LogP contribution in [0.3, 0.4) is 0 Å². The van der Waals surface area contributed by atoms with Gasteiger partial charge in [0.2, 0.25) is 0 Å². The van der Waals surface area contributed by atoms with Crippen molar-refractivity contribution in [3.8, 4) is 5.82 Å². The molecule has 0 saturated heterocycles. The van der Waals surface area contributed by atoms with E-state index in [1.165, 1.54) is 0 Å². The van der Waals surface area contributed by atoms with Gasteiger partial charge in [0.1, 0.15) is 12.1 Å². The highest BCUT2D eigenvalue weighted by atomic mass is 32.1. The number of nitrogens with zero attached hydrogens (tertiary/aromatic N) is 4. The van der Waals surface area contributed by atoms with Gasteiger partial charge < -0.3 is 10.6 Å². The number of aryl methyl sites for hydroxylation is 1. The molecule has 0 bridgehead atoms. The molecule has 0 aliphatic rings. The van der Waals surface area contributed by atoms with Gasteiger partial charge >= 0.3 is 6.03 Å². The quantitative estimate of drug-likeness (QED) is 0.711. The number of nitrogens with one attached hydrogen (secondary N) is 2. The van der Waals surface area contributed by atoms with E-state index < -0.39 is 0 Å². The summed E-state index contributed by atoms with van der Waals surface area (Å²) in [6.07, 6.45) is 7.88. The highest BCUT2D eigenvalue weighted by Crippen LogP contribution is 2.16. The molecule has 3 heterocycles. The summed E-state index contributed by atoms with van der Waals surface area (Å²) in [5.74, 6) is 0.787. The molecular weight excluding hydrogens is 336 g/mol. The molecule has 0 radical (unpaired) electrons. The largest absolute Gasteiger partial charge is 0.334 e. The first-order valence-electron chi connectivity index (χ1n) is 8.07. The normalized spacial score (nSPS) is 11.9. The summed E-state index contributed by atoms with van der Waals surface area (Å²) in [5.41, 5.74) is 1.82. The third kappa shape index (κ3) is 4.42. The van der Waals surface area contributed by atoms with Crippen molar-refractivity contribution in [1.82, 2.24) is 30.2 Å². The third-order valence-corrected chi connectivity index (χ3v) is 4.71. The van der Waals surface area contributed by atoms with E-state index in [1.807, 2.05) is 35.2 Å². The molecule has 1 atom stereocenters. The Morgan fingerprint density at radius 2 is 2.28 bits per heavy atom. The summed E-state index contributed by atoms with van der Waals surface area (Å²) in [7, 11) is 0. The van der Waals surface area contributed by atoms with Crippen LogP contribution in [0, 0.1) is 0 Å². The molecule has 2 N–H and O–H groups in total. The van der Waals surface area contributed by atoms with E-state index in [1.54, 1.807) is 30.1 Å². The molecule has 0 aliphatic carbocycles. The summed E-state index contributed by atoms with van der Waals surface area (Å²) < 4.78 is 1.82. The third-order valence-electron chi connectivity index (χ3n) is 3.69. The average molecular weight is 356 g/mol. The smallest absolute Gasteiger partial charge is 0.315 e. The van der Waals surface area contributed by atoms with Crippen molar-refractivity contribution in [2.24, 2.45) is 0 Å². The summed E-state index contributed by atoms with van der Waals surface area (Å²) >= 11 is 1.62. The fourth-order valence-electron chi connectivity index (χ4n) is 2.26. The van der Waals surface area contributed by atoms with Crippen LogP contribution in [-0.2, 0) is 13.0 Å². The summed E-state index contributed by atoms with van der Waals surface area (Å²) in [6, 6.07) is 3.47. The molecule has 0 aromatic carbocycles. The van der Waals surface area contributed by atoms with Crippen LogP contribution in [0.1, 0.15) is 36.2 Å². The van der Waals surface area contributed by atoms with E-state index in [2.05, 4.69) is 32.5 Å². The predicted octanol–water partition coefficient (Wildman–Crippen LogP) is 2.85. The summed E-state index contributed by atoms with van der Waals surface area (Å²) in [6.45, 7) is 4.40. The molecule has 3 aromatic rings. The Morgan fingerprint density at radius 3 is 2.92 bits per heavy atom. The van der Waals surface area contributed by atoms with E-state index in [0.29, 0.717) is 6.54 Å². The van der Waals surface area contributed by atoms with Crippen molar-refractivity contribution in [2.45, 2.75) is 32.9 Å². The second-order valence-corrected chi connectivity index (χ2v) is 6.51. The molecule has 2 amide bonds. The van der Waals surface area contributed by atoms with E-state index in [4.69, 9.17) is 0 Å². The zero-order valence-corrected chi connectivity index (χ0v) is 15.0. The van der Waals surface area contributed by atoms with Crippen molar-refractivity contribution in [2.75, 3.05) is 0 Å². The fourth-order valence-corrected chi connectivity index (χ4v) is 3.10. The molecule has 25 heavy (non-hydrogen) atoms. The zero-order valence-electron chi connectivity index (χ0n) is 14.1. The lowest BCUT2D eigenvalue weighted by molar-refractivity contribution is 0.237. The van der Waals surface area contributed by atoms with Gasteiger partial charge in [0.05, 0.1) is 16.7 Å². The highest BCUT2D eigenvalue weighted by Gasteiger charge is 2.12. The van der Waals surface area contributed by atoms with Crippen molar-refractivity contribution in [3.05, 3.63) is 58.7 Å². The van der Waals surface area contributed by atoms with Crippen molar-refractivity contribution >= 4 is 17.4 Å². The molecule has 0 aliphatic heterocycles. The number of imidazole rings is 1. The standard InChI is InChI=1S/C17H20N6OS/c1-3-16-22-14(10-25-16)12(2)21-17(24)20-9-13-4-5-15(19-8-13)23-7-6-18-11-23/h4-8,10-12H,3,9H2,1-2H3,(H2,20,21,24). The number of aromatic nitrogens is 4. The maximum Gasteiger partial charge on any atom is 0.315 e. The Balaban J connectivity index is 1.50. The van der Waals surface area contributed by atoms with E-state index in [-0.39, 0.29) is 12.1 Å². The van der Waals surface area contributed by atoms with Crippen LogP contribution in [0.25, 0.3) is 5.82 Å². The lowest BCUT2D eigenvalue weighted by Crippen LogP contribution is -2.36. The van der Waals surface area contributed by atoms with Gasteiger partial charge in [-0.3, -0.25) is 4.57 Å². The second-order valence-electron chi connectivity index (χ2n) is 5.56. The van der Waals surface area contributed by atoms with Crippen molar-refractivity contribution < 1.29 is 4.79 Å². The number of carbonyl (C=O) groups excluding carboxylic acids is 1. The topological polar surface area (TPSA) is 84.7 Å². The minimum atomic E-state index is -0.225. The first-order valence-corrected chi connectivity index (χ1v) is 8.95. The molecule has 7 nitrogen and oxygen atoms in total. The van der Waals surface area contributed by atoms with Gasteiger partial charge in [-0.2, -0.15) is 0 Å². The highest BCUT2D eigenvalue weighted by molar-refractivity contribution is 7.09. The van der Waals surface area contributed by atoms with Crippen molar-refractivity contribution in [1.29, 1.82) is 0 Å². The molecule has 3 aromatic heterocycles. The minimum Gasteiger partial charge on any atom is -0.334 e. The van der Waals surface area contributed by atoms with Crippen LogP contribution in [-0.4, -0.2) is 25.6 Å². The van der Waals surface area contributed by atoms with Gasteiger partial charge in [-0.05, 0) is 25.0 Å². The van der Waals surface area contributed by atoms with E-state index in [9.17, 15) is 4.79 Å². The summed E-state index contributed by atoms with van der Waals surface area (Å²) in [5, 5.41) is 8.81. The van der Waals surface area contributed by atoms with Crippen LogP contribution >= 0.6 is 11.3 Å². The number of rotatable bonds is 6. The molecule has 0 saturated carbocycles. The van der Waals surface area contributed by atoms with Crippen LogP contribution in [0.5, 0.6) is 0 Å².